The minimum absolute atomic E-state index is 0.0996. The Labute approximate surface area is 81.7 Å². The normalized spacial score (nSPS) is 23.5. The van der Waals surface area contributed by atoms with Gasteiger partial charge in [0.15, 0.2) is 0 Å². The van der Waals surface area contributed by atoms with E-state index in [4.69, 9.17) is 0 Å². The number of ketones is 1. The summed E-state index contributed by atoms with van der Waals surface area (Å²) in [6, 6.07) is 0. The summed E-state index contributed by atoms with van der Waals surface area (Å²) in [7, 11) is 0. The SMILES string of the molecule is CC1(C)CCC(C(=O)C(F)(F)F)CC1. The predicted octanol–water partition coefficient (Wildman–Crippen LogP) is 3.33. The van der Waals surface area contributed by atoms with E-state index in [1.54, 1.807) is 0 Å². The van der Waals surface area contributed by atoms with Gasteiger partial charge in [-0.2, -0.15) is 13.2 Å². The number of carbonyl (C=O) groups excluding carboxylic acids is 1. The van der Waals surface area contributed by atoms with E-state index in [-0.39, 0.29) is 5.41 Å². The lowest BCUT2D eigenvalue weighted by atomic mass is 9.72. The molecule has 0 atom stereocenters. The van der Waals surface area contributed by atoms with E-state index in [0.717, 1.165) is 0 Å². The second-order valence-corrected chi connectivity index (χ2v) is 4.80. The summed E-state index contributed by atoms with van der Waals surface area (Å²) in [5.74, 6) is -2.32. The number of hydrogen-bond acceptors (Lipinski definition) is 1. The van der Waals surface area contributed by atoms with E-state index < -0.39 is 17.9 Å². The maximum Gasteiger partial charge on any atom is 0.450 e. The van der Waals surface area contributed by atoms with Crippen LogP contribution in [0.3, 0.4) is 0 Å². The zero-order chi connectivity index (χ0) is 11.0. The van der Waals surface area contributed by atoms with Gasteiger partial charge in [0.1, 0.15) is 0 Å². The van der Waals surface area contributed by atoms with Crippen LogP contribution in [0.5, 0.6) is 0 Å². The van der Waals surface area contributed by atoms with Crippen molar-refractivity contribution in [2.75, 3.05) is 0 Å². The first-order valence-electron chi connectivity index (χ1n) is 4.83. The molecular formula is C10H15F3O. The Morgan fingerprint density at radius 1 is 1.21 bits per heavy atom. The van der Waals surface area contributed by atoms with Gasteiger partial charge in [0, 0.05) is 5.92 Å². The molecule has 82 valence electrons. The molecule has 1 fully saturated rings. The van der Waals surface area contributed by atoms with Crippen molar-refractivity contribution < 1.29 is 18.0 Å². The van der Waals surface area contributed by atoms with Gasteiger partial charge in [-0.15, -0.1) is 0 Å². The van der Waals surface area contributed by atoms with E-state index in [1.807, 2.05) is 13.8 Å². The van der Waals surface area contributed by atoms with Crippen molar-refractivity contribution in [1.29, 1.82) is 0 Å². The molecule has 4 heteroatoms. The Morgan fingerprint density at radius 3 is 2.00 bits per heavy atom. The zero-order valence-electron chi connectivity index (χ0n) is 8.45. The Hall–Kier alpha value is -0.540. The third kappa shape index (κ3) is 2.72. The molecule has 0 aromatic carbocycles. The standard InChI is InChI=1S/C10H15F3O/c1-9(2)5-3-7(4-6-9)8(14)10(11,12)13/h7H,3-6H2,1-2H3. The Morgan fingerprint density at radius 2 is 1.64 bits per heavy atom. The van der Waals surface area contributed by atoms with Crippen molar-refractivity contribution in [2.45, 2.75) is 45.7 Å². The van der Waals surface area contributed by atoms with Gasteiger partial charge in [0.2, 0.25) is 5.78 Å². The maximum absolute atomic E-state index is 12.1. The topological polar surface area (TPSA) is 17.1 Å². The third-order valence-electron chi connectivity index (χ3n) is 2.99. The number of carbonyl (C=O) groups is 1. The molecule has 0 saturated heterocycles. The third-order valence-corrected chi connectivity index (χ3v) is 2.99. The van der Waals surface area contributed by atoms with Crippen LogP contribution in [0.25, 0.3) is 0 Å². The molecule has 0 aromatic heterocycles. The molecule has 1 aliphatic rings. The summed E-state index contributed by atoms with van der Waals surface area (Å²) in [6.45, 7) is 4.06. The van der Waals surface area contributed by atoms with Crippen LogP contribution in [0.15, 0.2) is 0 Å². The highest BCUT2D eigenvalue weighted by atomic mass is 19.4. The maximum atomic E-state index is 12.1. The van der Waals surface area contributed by atoms with Crippen molar-refractivity contribution in [1.82, 2.24) is 0 Å². The fourth-order valence-corrected chi connectivity index (χ4v) is 1.89. The van der Waals surface area contributed by atoms with E-state index >= 15 is 0 Å². The van der Waals surface area contributed by atoms with Gasteiger partial charge >= 0.3 is 6.18 Å². The van der Waals surface area contributed by atoms with Crippen molar-refractivity contribution in [3.8, 4) is 0 Å². The first-order chi connectivity index (χ1) is 6.22. The molecule has 0 aromatic rings. The van der Waals surface area contributed by atoms with Crippen LogP contribution in [0.1, 0.15) is 39.5 Å². The molecule has 0 amide bonds. The quantitative estimate of drug-likeness (QED) is 0.646. The Kier molecular flexibility index (Phi) is 2.93. The molecule has 1 saturated carbocycles. The van der Waals surface area contributed by atoms with Gasteiger partial charge in [-0.25, -0.2) is 0 Å². The van der Waals surface area contributed by atoms with Crippen LogP contribution in [0.2, 0.25) is 0 Å². The number of alkyl halides is 3. The van der Waals surface area contributed by atoms with Crippen molar-refractivity contribution in [3.05, 3.63) is 0 Å². The van der Waals surface area contributed by atoms with E-state index in [1.165, 1.54) is 0 Å². The largest absolute Gasteiger partial charge is 0.450 e. The average molecular weight is 208 g/mol. The number of hydrogen-bond donors (Lipinski definition) is 0. The lowest BCUT2D eigenvalue weighted by Crippen LogP contribution is -2.34. The molecule has 1 rings (SSSR count). The molecule has 0 N–H and O–H groups in total. The summed E-state index contributed by atoms with van der Waals surface area (Å²) in [5, 5.41) is 0. The fourth-order valence-electron chi connectivity index (χ4n) is 1.89. The first kappa shape index (κ1) is 11.5. The van der Waals surface area contributed by atoms with Gasteiger partial charge in [-0.3, -0.25) is 4.79 Å². The van der Waals surface area contributed by atoms with Crippen molar-refractivity contribution in [2.24, 2.45) is 11.3 Å². The monoisotopic (exact) mass is 208 g/mol. The van der Waals surface area contributed by atoms with Crippen LogP contribution >= 0.6 is 0 Å². The average Bonchev–Trinajstić information content (AvgIpc) is 2.01. The smallest absolute Gasteiger partial charge is 0.289 e. The highest BCUT2D eigenvalue weighted by Gasteiger charge is 2.44. The van der Waals surface area contributed by atoms with Gasteiger partial charge in [0.25, 0.3) is 0 Å². The molecule has 1 aliphatic carbocycles. The predicted molar refractivity (Wildman–Crippen MR) is 46.8 cm³/mol. The lowest BCUT2D eigenvalue weighted by molar-refractivity contribution is -0.177. The second-order valence-electron chi connectivity index (χ2n) is 4.80. The number of halogens is 3. The molecule has 0 heterocycles. The first-order valence-corrected chi connectivity index (χ1v) is 4.83. The van der Waals surface area contributed by atoms with Crippen LogP contribution in [0.4, 0.5) is 13.2 Å². The summed E-state index contributed by atoms with van der Waals surface area (Å²) < 4.78 is 36.2. The van der Waals surface area contributed by atoms with Gasteiger partial charge in [-0.1, -0.05) is 13.8 Å². The lowest BCUT2D eigenvalue weighted by Gasteiger charge is -2.33. The molecule has 0 unspecified atom stereocenters. The summed E-state index contributed by atoms with van der Waals surface area (Å²) in [6.07, 6.45) is -2.47. The minimum atomic E-state index is -4.65. The second kappa shape index (κ2) is 3.55. The minimum Gasteiger partial charge on any atom is -0.289 e. The fraction of sp³-hybridized carbons (Fsp3) is 0.900. The number of Topliss-reactive ketones (excluding diaryl/α,β-unsaturated/α-hetero) is 1. The van der Waals surface area contributed by atoms with Gasteiger partial charge < -0.3 is 0 Å². The van der Waals surface area contributed by atoms with Crippen LogP contribution in [-0.4, -0.2) is 12.0 Å². The summed E-state index contributed by atoms with van der Waals surface area (Å²) in [5.41, 5.74) is 0.0996. The van der Waals surface area contributed by atoms with E-state index in [9.17, 15) is 18.0 Å². The highest BCUT2D eigenvalue weighted by molar-refractivity contribution is 5.86. The van der Waals surface area contributed by atoms with Crippen LogP contribution in [-0.2, 0) is 4.79 Å². The molecular weight excluding hydrogens is 193 g/mol. The van der Waals surface area contributed by atoms with E-state index in [2.05, 4.69) is 0 Å². The molecule has 0 spiro atoms. The molecule has 0 aliphatic heterocycles. The summed E-state index contributed by atoms with van der Waals surface area (Å²) in [4.78, 5) is 10.9. The molecule has 0 bridgehead atoms. The molecule has 0 radical (unpaired) electrons. The summed E-state index contributed by atoms with van der Waals surface area (Å²) >= 11 is 0. The Balaban J connectivity index is 2.55. The molecule has 14 heavy (non-hydrogen) atoms. The van der Waals surface area contributed by atoms with Crippen molar-refractivity contribution >= 4 is 5.78 Å². The van der Waals surface area contributed by atoms with Crippen molar-refractivity contribution in [3.63, 3.8) is 0 Å². The Bertz CT molecular complexity index is 220. The van der Waals surface area contributed by atoms with E-state index in [0.29, 0.717) is 25.7 Å². The highest BCUT2D eigenvalue weighted by Crippen LogP contribution is 2.40. The molecule has 1 nitrogen and oxygen atoms in total. The van der Waals surface area contributed by atoms with Gasteiger partial charge in [0.05, 0.1) is 0 Å². The van der Waals surface area contributed by atoms with Gasteiger partial charge in [-0.05, 0) is 31.1 Å². The number of rotatable bonds is 1. The van der Waals surface area contributed by atoms with Crippen LogP contribution < -0.4 is 0 Å². The van der Waals surface area contributed by atoms with Crippen LogP contribution in [0, 0.1) is 11.3 Å². The zero-order valence-corrected chi connectivity index (χ0v) is 8.45.